The Labute approximate surface area is 198 Å². The first-order chi connectivity index (χ1) is 15.9. The molecule has 1 N–H and O–H groups in total. The number of aryl methyl sites for hydroxylation is 3. The van der Waals surface area contributed by atoms with Crippen LogP contribution in [0.15, 0.2) is 23.0 Å². The molecule has 2 heterocycles. The van der Waals surface area contributed by atoms with Crippen molar-refractivity contribution in [3.8, 4) is 5.75 Å². The smallest absolute Gasteiger partial charge is 0.263 e. The molecule has 1 aliphatic rings. The van der Waals surface area contributed by atoms with E-state index in [1.807, 2.05) is 25.1 Å². The zero-order chi connectivity index (χ0) is 23.5. The summed E-state index contributed by atoms with van der Waals surface area (Å²) in [4.78, 5) is 36.0. The zero-order valence-electron chi connectivity index (χ0n) is 19.9. The molecule has 0 saturated heterocycles. The van der Waals surface area contributed by atoms with Gasteiger partial charge in [0, 0.05) is 4.88 Å². The van der Waals surface area contributed by atoms with E-state index in [-0.39, 0.29) is 18.0 Å². The van der Waals surface area contributed by atoms with Gasteiger partial charge in [-0.2, -0.15) is 0 Å². The first-order valence-corrected chi connectivity index (χ1v) is 12.5. The minimum atomic E-state index is -0.271. The molecule has 0 aliphatic heterocycles. The van der Waals surface area contributed by atoms with E-state index in [0.717, 1.165) is 54.7 Å². The van der Waals surface area contributed by atoms with Crippen LogP contribution in [0.3, 0.4) is 0 Å². The number of carbonyl (C=O) groups is 1. The molecule has 0 atom stereocenters. The van der Waals surface area contributed by atoms with E-state index in [2.05, 4.69) is 24.1 Å². The van der Waals surface area contributed by atoms with Gasteiger partial charge >= 0.3 is 0 Å². The number of anilines is 1. The Morgan fingerprint density at radius 2 is 2.00 bits per heavy atom. The Kier molecular flexibility index (Phi) is 7.14. The van der Waals surface area contributed by atoms with Crippen LogP contribution in [0.5, 0.6) is 5.75 Å². The van der Waals surface area contributed by atoms with Gasteiger partial charge in [-0.3, -0.25) is 19.1 Å². The number of fused-ring (bicyclic) bond motifs is 3. The highest BCUT2D eigenvalue weighted by molar-refractivity contribution is 7.18. The molecule has 3 aromatic rings. The number of benzene rings is 1. The third-order valence-electron chi connectivity index (χ3n) is 6.34. The second-order valence-electron chi connectivity index (χ2n) is 8.52. The second kappa shape index (κ2) is 10.1. The number of amides is 1. The van der Waals surface area contributed by atoms with E-state index in [9.17, 15) is 9.59 Å². The van der Waals surface area contributed by atoms with Crippen molar-refractivity contribution >= 4 is 33.1 Å². The molecule has 1 amide bonds. The number of nitrogens with one attached hydrogen (secondary N) is 1. The highest BCUT2D eigenvalue weighted by Gasteiger charge is 2.23. The highest BCUT2D eigenvalue weighted by atomic mass is 32.1. The van der Waals surface area contributed by atoms with Gasteiger partial charge in [-0.1, -0.05) is 19.9 Å². The summed E-state index contributed by atoms with van der Waals surface area (Å²) in [6.07, 6.45) is 4.16. The van der Waals surface area contributed by atoms with Crippen LogP contribution in [0.1, 0.15) is 48.5 Å². The Hall–Kier alpha value is -2.71. The fourth-order valence-corrected chi connectivity index (χ4v) is 5.74. The maximum absolute atomic E-state index is 13.7. The monoisotopic (exact) mass is 468 g/mol. The average Bonchev–Trinajstić information content (AvgIpc) is 3.18. The number of thiophene rings is 1. The van der Waals surface area contributed by atoms with Gasteiger partial charge in [0.1, 0.15) is 22.9 Å². The Bertz CT molecular complexity index is 1230. The van der Waals surface area contributed by atoms with E-state index in [1.54, 1.807) is 23.0 Å². The average molecular weight is 469 g/mol. The molecule has 176 valence electrons. The normalized spacial score (nSPS) is 13.4. The number of hydrogen-bond donors (Lipinski definition) is 1. The van der Waals surface area contributed by atoms with Gasteiger partial charge in [0.25, 0.3) is 5.56 Å². The second-order valence-corrected chi connectivity index (χ2v) is 9.61. The Morgan fingerprint density at radius 3 is 2.73 bits per heavy atom. The minimum Gasteiger partial charge on any atom is -0.495 e. The van der Waals surface area contributed by atoms with E-state index >= 15 is 0 Å². The molecule has 2 aromatic heterocycles. The first-order valence-electron chi connectivity index (χ1n) is 11.7. The SMILES string of the molecule is CCN(CC)Cc1nc2sc3c(c2c(=O)n1CC(=O)Nc1cc(C)ccc1OC)CCCC3. The third kappa shape index (κ3) is 4.82. The quantitative estimate of drug-likeness (QED) is 0.538. The van der Waals surface area contributed by atoms with Crippen LogP contribution in [-0.4, -0.2) is 40.6 Å². The van der Waals surface area contributed by atoms with E-state index < -0.39 is 0 Å². The molecule has 4 rings (SSSR count). The van der Waals surface area contributed by atoms with Gasteiger partial charge in [0.05, 0.1) is 24.7 Å². The topological polar surface area (TPSA) is 76.5 Å². The number of ether oxygens (including phenoxy) is 1. The van der Waals surface area contributed by atoms with Gasteiger partial charge in [-0.25, -0.2) is 4.98 Å². The summed E-state index contributed by atoms with van der Waals surface area (Å²) in [6.45, 7) is 8.27. The van der Waals surface area contributed by atoms with Crippen LogP contribution in [0.25, 0.3) is 10.2 Å². The third-order valence-corrected chi connectivity index (χ3v) is 7.53. The van der Waals surface area contributed by atoms with Crippen molar-refractivity contribution in [1.82, 2.24) is 14.5 Å². The van der Waals surface area contributed by atoms with Gasteiger partial charge in [0.2, 0.25) is 5.91 Å². The molecule has 8 heteroatoms. The standard InChI is InChI=1S/C25H32N4O3S/c1-5-28(6-2)14-21-27-24-23(17-9-7-8-10-20(17)33-24)25(31)29(21)15-22(30)26-18-13-16(3)11-12-19(18)32-4/h11-13H,5-10,14-15H2,1-4H3,(H,26,30). The fraction of sp³-hybridized carbons (Fsp3) is 0.480. The molecule has 0 unspecified atom stereocenters. The van der Waals surface area contributed by atoms with E-state index in [4.69, 9.17) is 9.72 Å². The molecule has 1 aromatic carbocycles. The van der Waals surface area contributed by atoms with Gasteiger partial charge in [0.15, 0.2) is 0 Å². The summed E-state index contributed by atoms with van der Waals surface area (Å²) in [5, 5.41) is 3.64. The van der Waals surface area contributed by atoms with Crippen LogP contribution in [0, 0.1) is 6.92 Å². The molecule has 0 bridgehead atoms. The van der Waals surface area contributed by atoms with Crippen LogP contribution in [0.4, 0.5) is 5.69 Å². The summed E-state index contributed by atoms with van der Waals surface area (Å²) in [5.74, 6) is 0.957. The lowest BCUT2D eigenvalue weighted by atomic mass is 9.97. The number of rotatable bonds is 8. The van der Waals surface area contributed by atoms with Crippen LogP contribution in [0.2, 0.25) is 0 Å². The van der Waals surface area contributed by atoms with Crippen molar-refractivity contribution in [3.63, 3.8) is 0 Å². The van der Waals surface area contributed by atoms with Crippen molar-refractivity contribution in [1.29, 1.82) is 0 Å². The maximum atomic E-state index is 13.7. The first kappa shape index (κ1) is 23.4. The van der Waals surface area contributed by atoms with Crippen molar-refractivity contribution < 1.29 is 9.53 Å². The lowest BCUT2D eigenvalue weighted by Crippen LogP contribution is -2.34. The summed E-state index contributed by atoms with van der Waals surface area (Å²) in [5.41, 5.74) is 2.65. The Morgan fingerprint density at radius 1 is 1.24 bits per heavy atom. The summed E-state index contributed by atoms with van der Waals surface area (Å²) >= 11 is 1.65. The zero-order valence-corrected chi connectivity index (χ0v) is 20.7. The van der Waals surface area contributed by atoms with Crippen molar-refractivity contribution in [2.24, 2.45) is 0 Å². The molecule has 1 aliphatic carbocycles. The molecule has 0 radical (unpaired) electrons. The Balaban J connectivity index is 1.74. The molecule has 0 fully saturated rings. The van der Waals surface area contributed by atoms with Crippen molar-refractivity contribution in [2.75, 3.05) is 25.5 Å². The minimum absolute atomic E-state index is 0.0832. The van der Waals surface area contributed by atoms with E-state index in [1.165, 1.54) is 4.88 Å². The molecule has 0 saturated carbocycles. The molecular formula is C25H32N4O3S. The summed E-state index contributed by atoms with van der Waals surface area (Å²) in [7, 11) is 1.57. The largest absolute Gasteiger partial charge is 0.495 e. The lowest BCUT2D eigenvalue weighted by Gasteiger charge is -2.20. The number of nitrogens with zero attached hydrogens (tertiary/aromatic N) is 3. The van der Waals surface area contributed by atoms with Gasteiger partial charge in [-0.05, 0) is 69.0 Å². The van der Waals surface area contributed by atoms with Gasteiger partial charge in [-0.15, -0.1) is 11.3 Å². The molecule has 33 heavy (non-hydrogen) atoms. The molecule has 7 nitrogen and oxygen atoms in total. The van der Waals surface area contributed by atoms with Crippen LogP contribution >= 0.6 is 11.3 Å². The molecular weight excluding hydrogens is 436 g/mol. The maximum Gasteiger partial charge on any atom is 0.263 e. The van der Waals surface area contributed by atoms with Crippen molar-refractivity contribution in [3.05, 3.63) is 50.4 Å². The molecule has 0 spiro atoms. The van der Waals surface area contributed by atoms with Crippen LogP contribution < -0.4 is 15.6 Å². The number of carbonyl (C=O) groups excluding carboxylic acids is 1. The predicted octanol–water partition coefficient (Wildman–Crippen LogP) is 4.13. The van der Waals surface area contributed by atoms with E-state index in [0.29, 0.717) is 29.2 Å². The number of hydrogen-bond acceptors (Lipinski definition) is 6. The highest BCUT2D eigenvalue weighted by Crippen LogP contribution is 2.34. The number of aromatic nitrogens is 2. The van der Waals surface area contributed by atoms with Crippen LogP contribution in [-0.2, 0) is 30.7 Å². The number of methoxy groups -OCH3 is 1. The van der Waals surface area contributed by atoms with Gasteiger partial charge < -0.3 is 10.1 Å². The predicted molar refractivity (Wildman–Crippen MR) is 134 cm³/mol. The summed E-state index contributed by atoms with van der Waals surface area (Å²) in [6, 6.07) is 5.62. The summed E-state index contributed by atoms with van der Waals surface area (Å²) < 4.78 is 6.96. The lowest BCUT2D eigenvalue weighted by molar-refractivity contribution is -0.116. The fourth-order valence-electron chi connectivity index (χ4n) is 4.46. The van der Waals surface area contributed by atoms with Crippen molar-refractivity contribution in [2.45, 2.75) is 59.5 Å².